The van der Waals surface area contributed by atoms with Crippen molar-refractivity contribution in [2.45, 2.75) is 19.1 Å². The summed E-state index contributed by atoms with van der Waals surface area (Å²) in [4.78, 5) is 28.6. The summed E-state index contributed by atoms with van der Waals surface area (Å²) < 4.78 is 16.2. The van der Waals surface area contributed by atoms with Gasteiger partial charge < -0.3 is 24.6 Å². The molecule has 2 aromatic carbocycles. The van der Waals surface area contributed by atoms with Crippen molar-refractivity contribution in [2.24, 2.45) is 0 Å². The Morgan fingerprint density at radius 2 is 1.59 bits per heavy atom. The average molecular weight is 505 g/mol. The van der Waals surface area contributed by atoms with Crippen LogP contribution in [-0.4, -0.2) is 42.2 Å². The summed E-state index contributed by atoms with van der Waals surface area (Å²) in [7, 11) is 2.83. The average Bonchev–Trinajstić information content (AvgIpc) is 2.83. The van der Waals surface area contributed by atoms with Gasteiger partial charge in [-0.15, -0.1) is 0 Å². The van der Waals surface area contributed by atoms with Gasteiger partial charge in [-0.05, 0) is 29.8 Å². The van der Waals surface area contributed by atoms with E-state index in [1.54, 1.807) is 42.5 Å². The number of hydrogen-bond acceptors (Lipinski definition) is 6. The first-order valence-corrected chi connectivity index (χ1v) is 10.8. The third kappa shape index (κ3) is 6.09. The van der Waals surface area contributed by atoms with Crippen LogP contribution in [0.25, 0.3) is 0 Å². The number of aromatic nitrogens is 1. The van der Waals surface area contributed by atoms with Gasteiger partial charge in [-0.3, -0.25) is 9.78 Å². The summed E-state index contributed by atoms with van der Waals surface area (Å²) in [6.07, 6.45) is 3.02. The van der Waals surface area contributed by atoms with Gasteiger partial charge in [0, 0.05) is 24.4 Å². The summed E-state index contributed by atoms with van der Waals surface area (Å²) in [6, 6.07) is 10.5. The molecule has 0 saturated heterocycles. The second-order valence-electron chi connectivity index (χ2n) is 7.12. The number of carbonyl (C=O) groups is 2. The van der Waals surface area contributed by atoms with Crippen LogP contribution in [-0.2, 0) is 17.8 Å². The number of benzene rings is 2. The Labute approximate surface area is 206 Å². The van der Waals surface area contributed by atoms with Crippen LogP contribution >= 0.6 is 23.2 Å². The molecule has 10 heteroatoms. The number of amides is 1. The summed E-state index contributed by atoms with van der Waals surface area (Å²) in [5, 5.41) is 13.0. The minimum absolute atomic E-state index is 0.0564. The molecular formula is C24H22Cl2N2O6. The van der Waals surface area contributed by atoms with Crippen LogP contribution < -0.4 is 19.5 Å². The Morgan fingerprint density at radius 3 is 2.12 bits per heavy atom. The van der Waals surface area contributed by atoms with Crippen LogP contribution in [0, 0.1) is 0 Å². The number of carbonyl (C=O) groups excluding carboxylic acids is 1. The second-order valence-corrected chi connectivity index (χ2v) is 7.93. The molecule has 0 aliphatic heterocycles. The molecule has 0 aliphatic rings. The van der Waals surface area contributed by atoms with E-state index in [0.717, 1.165) is 0 Å². The van der Waals surface area contributed by atoms with Crippen molar-refractivity contribution in [3.8, 4) is 17.2 Å². The molecule has 0 fully saturated rings. The number of carboxylic acid groups (broad SMARTS) is 1. The zero-order chi connectivity index (χ0) is 24.7. The lowest BCUT2D eigenvalue weighted by Crippen LogP contribution is -2.42. The largest absolute Gasteiger partial charge is 0.496 e. The molecule has 2 N–H and O–H groups in total. The van der Waals surface area contributed by atoms with Gasteiger partial charge in [-0.25, -0.2) is 4.79 Å². The molecule has 3 aromatic rings. The predicted molar refractivity (Wildman–Crippen MR) is 127 cm³/mol. The van der Waals surface area contributed by atoms with Crippen LogP contribution in [0.2, 0.25) is 10.0 Å². The number of rotatable bonds is 10. The highest BCUT2D eigenvalue weighted by molar-refractivity contribution is 6.35. The van der Waals surface area contributed by atoms with Gasteiger partial charge in [0.25, 0.3) is 5.91 Å². The third-order valence-corrected chi connectivity index (χ3v) is 5.61. The number of methoxy groups -OCH3 is 2. The normalized spacial score (nSPS) is 11.4. The maximum Gasteiger partial charge on any atom is 0.326 e. The Hall–Kier alpha value is -3.49. The number of carboxylic acids is 1. The fraction of sp³-hybridized carbons (Fsp3) is 0.208. The number of pyridine rings is 1. The van der Waals surface area contributed by atoms with Gasteiger partial charge in [-0.1, -0.05) is 41.4 Å². The molecule has 8 nitrogen and oxygen atoms in total. The SMILES string of the molecule is COc1cccc(OC)c1C(=O)N[C@@H](Cc1ccc(OCc2c(Cl)cncc2Cl)cc1)C(=O)O. The van der Waals surface area contributed by atoms with E-state index in [2.05, 4.69) is 10.3 Å². The summed E-state index contributed by atoms with van der Waals surface area (Å²) in [5.74, 6) is -0.701. The first kappa shape index (κ1) is 25.1. The molecular weight excluding hydrogens is 483 g/mol. The van der Waals surface area contributed by atoms with Crippen LogP contribution in [0.1, 0.15) is 21.5 Å². The number of aliphatic carboxylic acids is 1. The lowest BCUT2D eigenvalue weighted by Gasteiger charge is -2.18. The molecule has 0 radical (unpaired) electrons. The molecule has 178 valence electrons. The Kier molecular flexibility index (Phi) is 8.56. The van der Waals surface area contributed by atoms with E-state index in [1.807, 2.05) is 0 Å². The third-order valence-electron chi connectivity index (χ3n) is 4.96. The van der Waals surface area contributed by atoms with Gasteiger partial charge in [-0.2, -0.15) is 0 Å². The van der Waals surface area contributed by atoms with Gasteiger partial charge in [0.05, 0.1) is 24.3 Å². The molecule has 1 amide bonds. The minimum atomic E-state index is -1.18. The van der Waals surface area contributed by atoms with Crippen molar-refractivity contribution in [3.63, 3.8) is 0 Å². The number of hydrogen-bond donors (Lipinski definition) is 2. The van der Waals surface area contributed by atoms with Crippen molar-refractivity contribution in [1.29, 1.82) is 0 Å². The smallest absolute Gasteiger partial charge is 0.326 e. The zero-order valence-corrected chi connectivity index (χ0v) is 19.9. The van der Waals surface area contributed by atoms with E-state index in [9.17, 15) is 14.7 Å². The first-order chi connectivity index (χ1) is 16.3. The molecule has 1 atom stereocenters. The molecule has 0 saturated carbocycles. The van der Waals surface area contributed by atoms with E-state index in [0.29, 0.717) is 26.9 Å². The van der Waals surface area contributed by atoms with Gasteiger partial charge in [0.2, 0.25) is 0 Å². The summed E-state index contributed by atoms with van der Waals surface area (Å²) in [5.41, 5.74) is 1.42. The summed E-state index contributed by atoms with van der Waals surface area (Å²) in [6.45, 7) is 0.147. The number of halogens is 2. The van der Waals surface area contributed by atoms with E-state index in [-0.39, 0.29) is 30.1 Å². The second kappa shape index (κ2) is 11.6. The lowest BCUT2D eigenvalue weighted by atomic mass is 10.0. The fourth-order valence-electron chi connectivity index (χ4n) is 3.19. The van der Waals surface area contributed by atoms with Crippen LogP contribution in [0.4, 0.5) is 0 Å². The minimum Gasteiger partial charge on any atom is -0.496 e. The van der Waals surface area contributed by atoms with Gasteiger partial charge in [0.15, 0.2) is 0 Å². The highest BCUT2D eigenvalue weighted by atomic mass is 35.5. The molecule has 0 bridgehead atoms. The van der Waals surface area contributed by atoms with Crippen LogP contribution in [0.3, 0.4) is 0 Å². The standard InChI is InChI=1S/C24H22Cl2N2O6/c1-32-20-4-3-5-21(33-2)22(20)23(29)28-19(24(30)31)10-14-6-8-15(9-7-14)34-13-16-17(25)11-27-12-18(16)26/h3-9,11-12,19H,10,13H2,1-2H3,(H,28,29)(H,30,31)/t19-/m0/s1. The highest BCUT2D eigenvalue weighted by Gasteiger charge is 2.25. The molecule has 0 spiro atoms. The van der Waals surface area contributed by atoms with Crippen molar-refractivity contribution in [3.05, 3.63) is 81.6 Å². The topological polar surface area (TPSA) is 107 Å². The van der Waals surface area contributed by atoms with Crippen molar-refractivity contribution >= 4 is 35.1 Å². The van der Waals surface area contributed by atoms with E-state index in [4.69, 9.17) is 37.4 Å². The lowest BCUT2D eigenvalue weighted by molar-refractivity contribution is -0.139. The highest BCUT2D eigenvalue weighted by Crippen LogP contribution is 2.28. The van der Waals surface area contributed by atoms with E-state index < -0.39 is 17.9 Å². The Balaban J connectivity index is 1.68. The monoisotopic (exact) mass is 504 g/mol. The van der Waals surface area contributed by atoms with Gasteiger partial charge >= 0.3 is 5.97 Å². The van der Waals surface area contributed by atoms with E-state index in [1.165, 1.54) is 26.6 Å². The predicted octanol–water partition coefficient (Wildman–Crippen LogP) is 4.41. The first-order valence-electron chi connectivity index (χ1n) is 10.1. The molecule has 0 aliphatic carbocycles. The quantitative estimate of drug-likeness (QED) is 0.420. The van der Waals surface area contributed by atoms with Crippen LogP contribution in [0.5, 0.6) is 17.2 Å². The maximum absolute atomic E-state index is 12.9. The van der Waals surface area contributed by atoms with Gasteiger partial charge in [0.1, 0.15) is 35.5 Å². The maximum atomic E-state index is 12.9. The van der Waals surface area contributed by atoms with Crippen molar-refractivity contribution in [2.75, 3.05) is 14.2 Å². The van der Waals surface area contributed by atoms with E-state index >= 15 is 0 Å². The number of nitrogens with zero attached hydrogens (tertiary/aromatic N) is 1. The van der Waals surface area contributed by atoms with Crippen LogP contribution in [0.15, 0.2) is 54.9 Å². The fourth-order valence-corrected chi connectivity index (χ4v) is 3.67. The molecule has 1 aromatic heterocycles. The Bertz CT molecular complexity index is 1130. The Morgan fingerprint density at radius 1 is 1.00 bits per heavy atom. The molecule has 3 rings (SSSR count). The van der Waals surface area contributed by atoms with Crippen molar-refractivity contribution < 1.29 is 28.9 Å². The zero-order valence-electron chi connectivity index (χ0n) is 18.4. The summed E-state index contributed by atoms with van der Waals surface area (Å²) >= 11 is 12.2. The molecule has 1 heterocycles. The van der Waals surface area contributed by atoms with Crippen molar-refractivity contribution in [1.82, 2.24) is 10.3 Å². The number of nitrogens with one attached hydrogen (secondary N) is 1. The molecule has 34 heavy (non-hydrogen) atoms. The number of ether oxygens (including phenoxy) is 3. The molecule has 0 unspecified atom stereocenters.